The maximum absolute atomic E-state index is 12.6. The predicted octanol–water partition coefficient (Wildman–Crippen LogP) is 3.25. The maximum Gasteiger partial charge on any atom is 0.263 e. The Morgan fingerprint density at radius 2 is 1.67 bits per heavy atom. The van der Waals surface area contributed by atoms with Crippen molar-refractivity contribution >= 4 is 33.5 Å². The van der Waals surface area contributed by atoms with Gasteiger partial charge in [0.1, 0.15) is 0 Å². The summed E-state index contributed by atoms with van der Waals surface area (Å²) in [5.41, 5.74) is 2.51. The van der Waals surface area contributed by atoms with Crippen molar-refractivity contribution in [3.8, 4) is 5.88 Å². The topological polar surface area (TPSA) is 110 Å². The fourth-order valence-electron chi connectivity index (χ4n) is 2.48. The lowest BCUT2D eigenvalue weighted by Crippen LogP contribution is -2.15. The summed E-state index contributed by atoms with van der Waals surface area (Å²) in [7, 11) is -2.53. The Labute approximate surface area is 174 Å². The van der Waals surface area contributed by atoms with Gasteiger partial charge in [-0.15, -0.1) is 0 Å². The molecule has 1 heterocycles. The van der Waals surface area contributed by atoms with Crippen molar-refractivity contribution in [3.63, 3.8) is 0 Å². The molecule has 2 aromatic carbocycles. The van der Waals surface area contributed by atoms with Crippen molar-refractivity contribution in [2.24, 2.45) is 0 Å². The van der Waals surface area contributed by atoms with Crippen LogP contribution >= 0.6 is 0 Å². The van der Waals surface area contributed by atoms with Crippen LogP contribution in [0, 0.1) is 6.92 Å². The van der Waals surface area contributed by atoms with E-state index in [1.54, 1.807) is 6.08 Å². The van der Waals surface area contributed by atoms with E-state index in [1.165, 1.54) is 49.8 Å². The van der Waals surface area contributed by atoms with Gasteiger partial charge < -0.3 is 10.1 Å². The number of hydrogen-bond acceptors (Lipinski definition) is 6. The Hall–Kier alpha value is -3.72. The van der Waals surface area contributed by atoms with Gasteiger partial charge in [0.2, 0.25) is 11.7 Å². The van der Waals surface area contributed by atoms with Gasteiger partial charge >= 0.3 is 0 Å². The van der Waals surface area contributed by atoms with Crippen LogP contribution in [0.1, 0.15) is 11.1 Å². The van der Waals surface area contributed by atoms with E-state index in [-0.39, 0.29) is 22.5 Å². The van der Waals surface area contributed by atoms with Crippen LogP contribution < -0.4 is 14.8 Å². The number of ether oxygens (including phenoxy) is 1. The molecular weight excluding hydrogens is 404 g/mol. The molecule has 9 heteroatoms. The van der Waals surface area contributed by atoms with Crippen LogP contribution in [0.15, 0.2) is 71.9 Å². The van der Waals surface area contributed by atoms with Crippen LogP contribution in [0.3, 0.4) is 0 Å². The number of carbonyl (C=O) groups is 1. The van der Waals surface area contributed by atoms with Crippen molar-refractivity contribution in [2.45, 2.75) is 11.8 Å². The molecule has 1 amide bonds. The van der Waals surface area contributed by atoms with E-state index in [2.05, 4.69) is 20.0 Å². The summed E-state index contributed by atoms with van der Waals surface area (Å²) in [6.07, 6.45) is 5.85. The summed E-state index contributed by atoms with van der Waals surface area (Å²) in [6, 6.07) is 13.5. The molecule has 2 N–H and O–H groups in total. The summed E-state index contributed by atoms with van der Waals surface area (Å²) >= 11 is 0. The molecule has 0 fully saturated rings. The largest absolute Gasteiger partial charge is 0.478 e. The third-order valence-electron chi connectivity index (χ3n) is 4.03. The van der Waals surface area contributed by atoms with E-state index in [0.29, 0.717) is 5.69 Å². The third kappa shape index (κ3) is 5.42. The zero-order chi connectivity index (χ0) is 21.6. The lowest BCUT2D eigenvalue weighted by Gasteiger charge is -2.10. The number of rotatable bonds is 7. The molecule has 1 aromatic heterocycles. The van der Waals surface area contributed by atoms with E-state index >= 15 is 0 Å². The SMILES string of the molecule is COc1nccnc1NS(=O)(=O)c1ccc(NC(=O)/C=C/c2ccc(C)cc2)cc1. The highest BCUT2D eigenvalue weighted by atomic mass is 32.2. The van der Waals surface area contributed by atoms with Gasteiger partial charge in [0.25, 0.3) is 15.9 Å². The minimum atomic E-state index is -3.90. The van der Waals surface area contributed by atoms with Crippen molar-refractivity contribution in [3.05, 3.63) is 78.1 Å². The second-order valence-electron chi connectivity index (χ2n) is 6.28. The minimum absolute atomic E-state index is 0.00315. The molecule has 0 aliphatic carbocycles. The molecule has 0 atom stereocenters. The second-order valence-corrected chi connectivity index (χ2v) is 7.96. The van der Waals surface area contributed by atoms with Crippen LogP contribution in [0.2, 0.25) is 0 Å². The average molecular weight is 424 g/mol. The van der Waals surface area contributed by atoms with Crippen molar-refractivity contribution < 1.29 is 17.9 Å². The molecule has 0 saturated heterocycles. The van der Waals surface area contributed by atoms with E-state index in [4.69, 9.17) is 4.74 Å². The Morgan fingerprint density at radius 1 is 1.00 bits per heavy atom. The first-order valence-electron chi connectivity index (χ1n) is 8.91. The molecule has 3 rings (SSSR count). The van der Waals surface area contributed by atoms with Crippen LogP contribution in [0.4, 0.5) is 11.5 Å². The van der Waals surface area contributed by atoms with Gasteiger partial charge in [-0.2, -0.15) is 0 Å². The summed E-state index contributed by atoms with van der Waals surface area (Å²) in [6.45, 7) is 1.99. The molecule has 154 valence electrons. The number of hydrogen-bond donors (Lipinski definition) is 2. The molecule has 3 aromatic rings. The Balaban J connectivity index is 1.66. The molecule has 30 heavy (non-hydrogen) atoms. The molecule has 0 spiro atoms. The lowest BCUT2D eigenvalue weighted by molar-refractivity contribution is -0.111. The molecule has 0 bridgehead atoms. The lowest BCUT2D eigenvalue weighted by atomic mass is 10.1. The second kappa shape index (κ2) is 9.19. The van der Waals surface area contributed by atoms with Crippen LogP contribution in [-0.2, 0) is 14.8 Å². The Kier molecular flexibility index (Phi) is 6.43. The smallest absolute Gasteiger partial charge is 0.263 e. The monoisotopic (exact) mass is 424 g/mol. The Bertz CT molecular complexity index is 1160. The number of methoxy groups -OCH3 is 1. The van der Waals surface area contributed by atoms with Crippen LogP contribution in [0.5, 0.6) is 5.88 Å². The van der Waals surface area contributed by atoms with E-state index in [1.807, 2.05) is 31.2 Å². The van der Waals surface area contributed by atoms with E-state index in [0.717, 1.165) is 11.1 Å². The maximum atomic E-state index is 12.6. The molecule has 0 saturated carbocycles. The van der Waals surface area contributed by atoms with E-state index in [9.17, 15) is 13.2 Å². The zero-order valence-corrected chi connectivity index (χ0v) is 17.2. The normalized spacial score (nSPS) is 11.3. The van der Waals surface area contributed by atoms with Crippen molar-refractivity contribution in [1.82, 2.24) is 9.97 Å². The number of nitrogens with zero attached hydrogens (tertiary/aromatic N) is 2. The highest BCUT2D eigenvalue weighted by molar-refractivity contribution is 7.92. The van der Waals surface area contributed by atoms with Gasteiger partial charge in [0.05, 0.1) is 12.0 Å². The number of nitrogens with one attached hydrogen (secondary N) is 2. The van der Waals surface area contributed by atoms with Crippen LogP contribution in [-0.4, -0.2) is 31.4 Å². The molecule has 0 unspecified atom stereocenters. The fraction of sp³-hybridized carbons (Fsp3) is 0.0952. The number of aryl methyl sites for hydroxylation is 1. The Morgan fingerprint density at radius 3 is 2.33 bits per heavy atom. The predicted molar refractivity (Wildman–Crippen MR) is 115 cm³/mol. The molecule has 0 aliphatic heterocycles. The summed E-state index contributed by atoms with van der Waals surface area (Å²) in [5.74, 6) is -0.280. The molecular formula is C21H20N4O4S. The standard InChI is InChI=1S/C21H20N4O4S/c1-15-3-5-16(6-4-15)7-12-19(26)24-17-8-10-18(11-9-17)30(27,28)25-20-21(29-2)23-14-13-22-20/h3-14H,1-2H3,(H,22,25)(H,24,26)/b12-7+. The highest BCUT2D eigenvalue weighted by Crippen LogP contribution is 2.22. The number of carbonyl (C=O) groups excluding carboxylic acids is 1. The zero-order valence-electron chi connectivity index (χ0n) is 16.4. The number of aromatic nitrogens is 2. The van der Waals surface area contributed by atoms with E-state index < -0.39 is 10.0 Å². The van der Waals surface area contributed by atoms with Gasteiger partial charge in [-0.25, -0.2) is 18.4 Å². The fourth-order valence-corrected chi connectivity index (χ4v) is 3.49. The van der Waals surface area contributed by atoms with Gasteiger partial charge in [0, 0.05) is 24.2 Å². The van der Waals surface area contributed by atoms with Crippen molar-refractivity contribution in [1.29, 1.82) is 0 Å². The van der Waals surface area contributed by atoms with Crippen molar-refractivity contribution in [2.75, 3.05) is 17.1 Å². The highest BCUT2D eigenvalue weighted by Gasteiger charge is 2.18. The third-order valence-corrected chi connectivity index (χ3v) is 5.38. The first-order valence-corrected chi connectivity index (χ1v) is 10.4. The van der Waals surface area contributed by atoms with Gasteiger partial charge in [-0.3, -0.25) is 9.52 Å². The summed E-state index contributed by atoms with van der Waals surface area (Å²) < 4.78 is 32.4. The number of benzene rings is 2. The quantitative estimate of drug-likeness (QED) is 0.564. The first-order chi connectivity index (χ1) is 14.4. The van der Waals surface area contributed by atoms with Crippen LogP contribution in [0.25, 0.3) is 6.08 Å². The van der Waals surface area contributed by atoms with Gasteiger partial charge in [0.15, 0.2) is 0 Å². The first kappa shape index (κ1) is 21.0. The van der Waals surface area contributed by atoms with Gasteiger partial charge in [-0.1, -0.05) is 29.8 Å². The number of amides is 1. The number of anilines is 2. The van der Waals surface area contributed by atoms with Gasteiger partial charge in [-0.05, 0) is 42.8 Å². The molecule has 0 aliphatic rings. The summed E-state index contributed by atoms with van der Waals surface area (Å²) in [4.78, 5) is 19.9. The number of sulfonamides is 1. The average Bonchev–Trinajstić information content (AvgIpc) is 2.74. The molecule has 8 nitrogen and oxygen atoms in total. The molecule has 0 radical (unpaired) electrons. The summed E-state index contributed by atoms with van der Waals surface area (Å²) in [5, 5.41) is 2.69. The minimum Gasteiger partial charge on any atom is -0.478 e.